The van der Waals surface area contributed by atoms with Crippen molar-refractivity contribution in [2.24, 2.45) is 7.05 Å². The first kappa shape index (κ1) is 21.0. The number of nitrogens with zero attached hydrogens (tertiary/aromatic N) is 2. The summed E-state index contributed by atoms with van der Waals surface area (Å²) < 4.78 is 1.37. The van der Waals surface area contributed by atoms with E-state index >= 15 is 0 Å². The van der Waals surface area contributed by atoms with Crippen molar-refractivity contribution in [3.63, 3.8) is 0 Å². The van der Waals surface area contributed by atoms with Gasteiger partial charge in [-0.2, -0.15) is 0 Å². The average molecular weight is 454 g/mol. The molecule has 0 radical (unpaired) electrons. The summed E-state index contributed by atoms with van der Waals surface area (Å²) in [5.41, 5.74) is 6.63. The van der Waals surface area contributed by atoms with E-state index in [0.29, 0.717) is 43.9 Å². The molecule has 1 aliphatic rings. The second-order valence-corrected chi connectivity index (χ2v) is 8.88. The second kappa shape index (κ2) is 7.33. The third-order valence-corrected chi connectivity index (χ3v) is 6.59. The number of rotatable bonds is 2. The third-order valence-electron chi connectivity index (χ3n) is 6.30. The molecule has 0 bridgehead atoms. The minimum Gasteiger partial charge on any atom is -0.354 e. The Morgan fingerprint density at radius 3 is 2.24 bits per heavy atom. The van der Waals surface area contributed by atoms with Gasteiger partial charge in [0.25, 0.3) is 11.2 Å². The van der Waals surface area contributed by atoms with Gasteiger partial charge in [-0.3, -0.25) is 9.59 Å². The predicted molar refractivity (Wildman–Crippen MR) is 133 cm³/mol. The lowest BCUT2D eigenvalue weighted by Gasteiger charge is -2.26. The number of aromatic nitrogens is 1. The first-order valence-corrected chi connectivity index (χ1v) is 10.9. The molecule has 5 rings (SSSR count). The molecule has 4 aromatic rings. The van der Waals surface area contributed by atoms with Crippen molar-refractivity contribution in [2.45, 2.75) is 20.8 Å². The molecule has 3 aromatic carbocycles. The van der Waals surface area contributed by atoms with Crippen molar-refractivity contribution >= 4 is 45.3 Å². The number of benzene rings is 3. The van der Waals surface area contributed by atoms with Gasteiger partial charge in [0.05, 0.1) is 28.4 Å². The van der Waals surface area contributed by atoms with Crippen LogP contribution in [0, 0.1) is 27.3 Å². The maximum absolute atomic E-state index is 13.8. The van der Waals surface area contributed by atoms with Crippen molar-refractivity contribution in [2.75, 3.05) is 5.32 Å². The number of pyridine rings is 1. The normalized spacial score (nSPS) is 11.9. The molecule has 6 heteroatoms. The molecule has 0 spiro atoms. The second-order valence-electron chi connectivity index (χ2n) is 8.48. The summed E-state index contributed by atoms with van der Waals surface area (Å²) in [5, 5.41) is 4.31. The monoisotopic (exact) mass is 453 g/mol. The highest BCUT2D eigenvalue weighted by atomic mass is 35.5. The van der Waals surface area contributed by atoms with Crippen LogP contribution in [0.4, 0.5) is 17.1 Å². The van der Waals surface area contributed by atoms with Crippen LogP contribution in [0.1, 0.15) is 32.6 Å². The molecule has 0 aliphatic heterocycles. The van der Waals surface area contributed by atoms with Crippen LogP contribution in [0.3, 0.4) is 0 Å². The van der Waals surface area contributed by atoms with Gasteiger partial charge in [-0.25, -0.2) is 4.85 Å². The Kier molecular flexibility index (Phi) is 4.66. The van der Waals surface area contributed by atoms with E-state index in [-0.39, 0.29) is 11.5 Å². The van der Waals surface area contributed by atoms with Crippen LogP contribution in [0.5, 0.6) is 0 Å². The van der Waals surface area contributed by atoms with E-state index < -0.39 is 5.56 Å². The molecule has 0 saturated carbocycles. The van der Waals surface area contributed by atoms with Crippen LogP contribution in [0.25, 0.3) is 26.9 Å². The van der Waals surface area contributed by atoms with Gasteiger partial charge >= 0.3 is 0 Å². The number of hydrogen-bond donors (Lipinski definition) is 1. The number of hydrogen-bond acceptors (Lipinski definition) is 3. The minimum atomic E-state index is -0.435. The molecule has 1 aliphatic carbocycles. The zero-order valence-electron chi connectivity index (χ0n) is 18.6. The minimum absolute atomic E-state index is 0.0119. The molecule has 0 amide bonds. The van der Waals surface area contributed by atoms with E-state index in [4.69, 9.17) is 18.2 Å². The maximum Gasteiger partial charge on any atom is 0.258 e. The van der Waals surface area contributed by atoms with Gasteiger partial charge in [0.2, 0.25) is 0 Å². The van der Waals surface area contributed by atoms with E-state index in [1.54, 1.807) is 37.4 Å². The van der Waals surface area contributed by atoms with Crippen LogP contribution in [0.15, 0.2) is 47.3 Å². The fourth-order valence-electron chi connectivity index (χ4n) is 4.94. The van der Waals surface area contributed by atoms with Crippen LogP contribution in [-0.2, 0) is 7.05 Å². The lowest BCUT2D eigenvalue weighted by molar-refractivity contribution is 0.104. The standard InChI is InChI=1S/C27H20ClN3O2/c1-13-10-14(2)23(15(3)11-13)30-19-12-18(28)25-22-20(24(29-4)27(33)31(25)5)16-8-6-7-9-17(16)26(32)21(19)22/h6-12,30H,1-3,5H3. The highest BCUT2D eigenvalue weighted by Gasteiger charge is 2.33. The molecule has 1 aromatic heterocycles. The summed E-state index contributed by atoms with van der Waals surface area (Å²) in [6.45, 7) is 13.8. The SMILES string of the molecule is [C-]#[N+]c1c2c3c(c(Nc4c(C)cc(C)cc4C)cc(Cl)c3n(C)c1=O)C(=O)c1ccccc1-2. The summed E-state index contributed by atoms with van der Waals surface area (Å²) in [7, 11) is 1.58. The van der Waals surface area contributed by atoms with Crippen molar-refractivity contribution in [3.8, 4) is 11.1 Å². The number of anilines is 2. The highest BCUT2D eigenvalue weighted by Crippen LogP contribution is 2.47. The topological polar surface area (TPSA) is 55.5 Å². The van der Waals surface area contributed by atoms with E-state index in [1.165, 1.54) is 4.57 Å². The lowest BCUT2D eigenvalue weighted by Crippen LogP contribution is -2.22. The summed E-state index contributed by atoms with van der Waals surface area (Å²) in [6, 6.07) is 13.0. The maximum atomic E-state index is 13.8. The smallest absolute Gasteiger partial charge is 0.258 e. The van der Waals surface area contributed by atoms with Crippen molar-refractivity contribution < 1.29 is 4.79 Å². The van der Waals surface area contributed by atoms with E-state index in [0.717, 1.165) is 22.4 Å². The molecule has 5 nitrogen and oxygen atoms in total. The van der Waals surface area contributed by atoms with Gasteiger partial charge in [0, 0.05) is 29.2 Å². The van der Waals surface area contributed by atoms with Gasteiger partial charge in [0.1, 0.15) is 0 Å². The third kappa shape index (κ3) is 2.92. The molecule has 162 valence electrons. The summed E-state index contributed by atoms with van der Waals surface area (Å²) >= 11 is 6.72. The van der Waals surface area contributed by atoms with E-state index in [2.05, 4.69) is 22.3 Å². The van der Waals surface area contributed by atoms with Gasteiger partial charge in [-0.15, -0.1) is 0 Å². The van der Waals surface area contributed by atoms with Gasteiger partial charge < -0.3 is 9.88 Å². The van der Waals surface area contributed by atoms with Crippen molar-refractivity contribution in [3.05, 3.63) is 97.1 Å². The first-order chi connectivity index (χ1) is 15.7. The number of ketones is 1. The number of nitrogens with one attached hydrogen (secondary N) is 1. The quantitative estimate of drug-likeness (QED) is 0.305. The van der Waals surface area contributed by atoms with Crippen LogP contribution >= 0.6 is 11.6 Å². The fourth-order valence-corrected chi connectivity index (χ4v) is 5.27. The highest BCUT2D eigenvalue weighted by molar-refractivity contribution is 6.39. The van der Waals surface area contributed by atoms with Gasteiger partial charge in [-0.05, 0) is 43.5 Å². The Labute approximate surface area is 196 Å². The van der Waals surface area contributed by atoms with Crippen LogP contribution < -0.4 is 10.9 Å². The van der Waals surface area contributed by atoms with Crippen molar-refractivity contribution in [1.29, 1.82) is 0 Å². The van der Waals surface area contributed by atoms with Gasteiger partial charge in [-0.1, -0.05) is 53.6 Å². The number of carbonyl (C=O) groups is 1. The lowest BCUT2D eigenvalue weighted by atomic mass is 9.82. The molecule has 33 heavy (non-hydrogen) atoms. The summed E-state index contributed by atoms with van der Waals surface area (Å²) in [6.07, 6.45) is 0. The predicted octanol–water partition coefficient (Wildman–Crippen LogP) is 6.62. The fraction of sp³-hybridized carbons (Fsp3) is 0.148. The molecule has 0 saturated heterocycles. The molecule has 1 N–H and O–H groups in total. The molecule has 0 unspecified atom stereocenters. The molecular formula is C27H20ClN3O2. The van der Waals surface area contributed by atoms with E-state index in [9.17, 15) is 9.59 Å². The summed E-state index contributed by atoms with van der Waals surface area (Å²) in [4.78, 5) is 30.4. The Bertz CT molecular complexity index is 1620. The van der Waals surface area contributed by atoms with Crippen LogP contribution in [0.2, 0.25) is 5.02 Å². The number of halogens is 1. The van der Waals surface area contributed by atoms with Gasteiger partial charge in [0.15, 0.2) is 5.78 Å². The number of fused-ring (bicyclic) bond motifs is 2. The zero-order valence-corrected chi connectivity index (χ0v) is 19.4. The molecule has 0 atom stereocenters. The largest absolute Gasteiger partial charge is 0.354 e. The number of aryl methyl sites for hydroxylation is 4. The van der Waals surface area contributed by atoms with E-state index in [1.807, 2.05) is 20.8 Å². The Morgan fingerprint density at radius 2 is 1.61 bits per heavy atom. The van der Waals surface area contributed by atoms with Crippen LogP contribution in [-0.4, -0.2) is 10.4 Å². The zero-order chi connectivity index (χ0) is 23.6. The molecule has 0 fully saturated rings. The molecular weight excluding hydrogens is 434 g/mol. The Hall–Kier alpha value is -3.88. The Balaban J connectivity index is 1.96. The Morgan fingerprint density at radius 1 is 0.970 bits per heavy atom. The van der Waals surface area contributed by atoms with Crippen molar-refractivity contribution in [1.82, 2.24) is 4.57 Å². The number of carbonyl (C=O) groups excluding carboxylic acids is 1. The first-order valence-electron chi connectivity index (χ1n) is 10.5. The molecule has 1 heterocycles. The average Bonchev–Trinajstić information content (AvgIpc) is 2.77. The summed E-state index contributed by atoms with van der Waals surface area (Å²) in [5.74, 6) is -0.167.